The van der Waals surface area contributed by atoms with E-state index in [0.29, 0.717) is 18.3 Å². The van der Waals surface area contributed by atoms with Crippen LogP contribution in [0.1, 0.15) is 26.2 Å². The van der Waals surface area contributed by atoms with E-state index in [0.717, 1.165) is 12.8 Å². The summed E-state index contributed by atoms with van der Waals surface area (Å²) in [6.45, 7) is 1.81. The largest absolute Gasteiger partial charge is 0.460 e. The molecule has 16 heavy (non-hydrogen) atoms. The normalized spacial score (nSPS) is 43.7. The van der Waals surface area contributed by atoms with Crippen molar-refractivity contribution in [1.82, 2.24) is 0 Å². The number of allylic oxidation sites excluding steroid dienone is 2. The lowest BCUT2D eigenvalue weighted by molar-refractivity contribution is -0.202. The summed E-state index contributed by atoms with van der Waals surface area (Å²) in [6, 6.07) is 0. The first kappa shape index (κ1) is 9.94. The van der Waals surface area contributed by atoms with Crippen LogP contribution < -0.4 is 0 Å². The molecule has 1 aliphatic heterocycles. The Balaban J connectivity index is 1.64. The van der Waals surface area contributed by atoms with E-state index in [1.165, 1.54) is 0 Å². The second kappa shape index (κ2) is 3.37. The van der Waals surface area contributed by atoms with Gasteiger partial charge in [0.05, 0.1) is 12.2 Å². The van der Waals surface area contributed by atoms with Gasteiger partial charge in [-0.25, -0.2) is 0 Å². The van der Waals surface area contributed by atoms with E-state index in [1.54, 1.807) is 6.26 Å². The van der Waals surface area contributed by atoms with Crippen molar-refractivity contribution in [1.29, 1.82) is 0 Å². The molecule has 4 atom stereocenters. The zero-order valence-corrected chi connectivity index (χ0v) is 9.39. The summed E-state index contributed by atoms with van der Waals surface area (Å²) in [6.07, 6.45) is 10.6. The van der Waals surface area contributed by atoms with Crippen molar-refractivity contribution in [3.8, 4) is 0 Å². The van der Waals surface area contributed by atoms with Crippen LogP contribution in [0.15, 0.2) is 24.5 Å². The van der Waals surface area contributed by atoms with E-state index >= 15 is 0 Å². The molecule has 2 aliphatic carbocycles. The molecule has 3 nitrogen and oxygen atoms in total. The van der Waals surface area contributed by atoms with E-state index in [4.69, 9.17) is 9.47 Å². The molecule has 2 bridgehead atoms. The highest BCUT2D eigenvalue weighted by molar-refractivity contribution is 5.74. The van der Waals surface area contributed by atoms with Crippen LogP contribution in [0.2, 0.25) is 0 Å². The third kappa shape index (κ3) is 1.55. The monoisotopic (exact) mass is 220 g/mol. The molecule has 3 heteroatoms. The Morgan fingerprint density at radius 1 is 1.44 bits per heavy atom. The third-order valence-electron chi connectivity index (χ3n) is 3.80. The molecule has 0 amide bonds. The topological polar surface area (TPSA) is 35.5 Å². The van der Waals surface area contributed by atoms with Gasteiger partial charge in [0.25, 0.3) is 5.79 Å². The van der Waals surface area contributed by atoms with Gasteiger partial charge in [0.2, 0.25) is 0 Å². The quantitative estimate of drug-likeness (QED) is 0.529. The van der Waals surface area contributed by atoms with Crippen LogP contribution in [-0.2, 0) is 14.3 Å². The number of hydrogen-bond donors (Lipinski definition) is 0. The van der Waals surface area contributed by atoms with Crippen LogP contribution in [0.3, 0.4) is 0 Å². The first-order valence-corrected chi connectivity index (χ1v) is 5.90. The zero-order valence-electron chi connectivity index (χ0n) is 9.39. The fourth-order valence-electron chi connectivity index (χ4n) is 2.91. The Morgan fingerprint density at radius 2 is 2.31 bits per heavy atom. The molecule has 0 spiro atoms. The summed E-state index contributed by atoms with van der Waals surface area (Å²) >= 11 is 0. The second-order valence-electron chi connectivity index (χ2n) is 5.14. The number of hydrogen-bond acceptors (Lipinski definition) is 3. The number of esters is 1. The van der Waals surface area contributed by atoms with Gasteiger partial charge in [-0.3, -0.25) is 4.79 Å². The number of rotatable bonds is 2. The molecule has 0 aromatic carbocycles. The number of carbonyl (C=O) groups excluding carboxylic acids is 1. The smallest absolute Gasteiger partial charge is 0.312 e. The molecule has 3 rings (SSSR count). The summed E-state index contributed by atoms with van der Waals surface area (Å²) < 4.78 is 10.8. The molecular weight excluding hydrogens is 204 g/mol. The SMILES string of the molecule is CC1(OC(=O)C2CC3C=CC2C3)CC=CO1. The van der Waals surface area contributed by atoms with Crippen LogP contribution in [0.4, 0.5) is 0 Å². The van der Waals surface area contributed by atoms with Gasteiger partial charge in [-0.1, -0.05) is 12.2 Å². The molecule has 1 saturated carbocycles. The Kier molecular flexibility index (Phi) is 2.09. The van der Waals surface area contributed by atoms with Crippen LogP contribution in [-0.4, -0.2) is 11.8 Å². The highest BCUT2D eigenvalue weighted by atomic mass is 16.7. The standard InChI is InChI=1S/C13H16O3/c1-13(5-2-6-15-13)16-12(14)11-8-9-3-4-10(11)7-9/h2-4,6,9-11H,5,7-8H2,1H3. The number of carbonyl (C=O) groups is 1. The lowest BCUT2D eigenvalue weighted by Gasteiger charge is -2.27. The van der Waals surface area contributed by atoms with Crippen LogP contribution in [0.5, 0.6) is 0 Å². The van der Waals surface area contributed by atoms with Gasteiger partial charge >= 0.3 is 5.97 Å². The van der Waals surface area contributed by atoms with Gasteiger partial charge in [0, 0.05) is 13.3 Å². The molecule has 1 fully saturated rings. The van der Waals surface area contributed by atoms with Crippen LogP contribution >= 0.6 is 0 Å². The second-order valence-corrected chi connectivity index (χ2v) is 5.14. The lowest BCUT2D eigenvalue weighted by Crippen LogP contribution is -2.34. The average Bonchev–Trinajstić information content (AvgIpc) is 2.92. The first-order valence-electron chi connectivity index (χ1n) is 5.90. The van der Waals surface area contributed by atoms with Gasteiger partial charge < -0.3 is 9.47 Å². The van der Waals surface area contributed by atoms with Gasteiger partial charge in [0.1, 0.15) is 0 Å². The summed E-state index contributed by atoms with van der Waals surface area (Å²) in [5.74, 6) is 0.190. The minimum atomic E-state index is -0.761. The predicted molar refractivity (Wildman–Crippen MR) is 58.2 cm³/mol. The predicted octanol–water partition coefficient (Wildman–Crippen LogP) is 2.39. The average molecular weight is 220 g/mol. The maximum atomic E-state index is 12.0. The van der Waals surface area contributed by atoms with Crippen molar-refractivity contribution >= 4 is 5.97 Å². The summed E-state index contributed by atoms with van der Waals surface area (Å²) in [7, 11) is 0. The Hall–Kier alpha value is -1.25. The fraction of sp³-hybridized carbons (Fsp3) is 0.615. The van der Waals surface area contributed by atoms with Crippen LogP contribution in [0, 0.1) is 17.8 Å². The van der Waals surface area contributed by atoms with Crippen molar-refractivity contribution in [2.45, 2.75) is 32.0 Å². The maximum Gasteiger partial charge on any atom is 0.312 e. The summed E-state index contributed by atoms with van der Waals surface area (Å²) in [4.78, 5) is 12.0. The lowest BCUT2D eigenvalue weighted by atomic mass is 9.94. The van der Waals surface area contributed by atoms with Gasteiger partial charge in [0.15, 0.2) is 0 Å². The first-order chi connectivity index (χ1) is 7.66. The molecule has 0 aromatic heterocycles. The summed E-state index contributed by atoms with van der Waals surface area (Å²) in [5, 5.41) is 0. The van der Waals surface area contributed by atoms with Crippen LogP contribution in [0.25, 0.3) is 0 Å². The molecule has 0 radical (unpaired) electrons. The zero-order chi connectivity index (χ0) is 11.2. The molecule has 3 aliphatic rings. The van der Waals surface area contributed by atoms with E-state index < -0.39 is 5.79 Å². The molecule has 1 heterocycles. The molecule has 86 valence electrons. The Bertz CT molecular complexity index is 361. The Morgan fingerprint density at radius 3 is 2.88 bits per heavy atom. The molecule has 4 unspecified atom stereocenters. The van der Waals surface area contributed by atoms with E-state index in [9.17, 15) is 4.79 Å². The number of fused-ring (bicyclic) bond motifs is 2. The fourth-order valence-corrected chi connectivity index (χ4v) is 2.91. The van der Waals surface area contributed by atoms with Crippen molar-refractivity contribution in [2.75, 3.05) is 0 Å². The number of ether oxygens (including phenoxy) is 2. The molecule has 0 saturated heterocycles. The van der Waals surface area contributed by atoms with E-state index in [2.05, 4.69) is 12.2 Å². The van der Waals surface area contributed by atoms with Crippen molar-refractivity contribution in [2.24, 2.45) is 17.8 Å². The Labute approximate surface area is 95.1 Å². The van der Waals surface area contributed by atoms with Gasteiger partial charge in [-0.15, -0.1) is 0 Å². The minimum Gasteiger partial charge on any atom is -0.460 e. The summed E-state index contributed by atoms with van der Waals surface area (Å²) in [5.41, 5.74) is 0. The minimum absolute atomic E-state index is 0.0519. The van der Waals surface area contributed by atoms with E-state index in [-0.39, 0.29) is 11.9 Å². The van der Waals surface area contributed by atoms with Gasteiger partial charge in [-0.05, 0) is 30.8 Å². The molecular formula is C13H16O3. The molecule has 0 aromatic rings. The van der Waals surface area contributed by atoms with Gasteiger partial charge in [-0.2, -0.15) is 0 Å². The van der Waals surface area contributed by atoms with Crippen molar-refractivity contribution < 1.29 is 14.3 Å². The van der Waals surface area contributed by atoms with E-state index in [1.807, 2.05) is 13.0 Å². The third-order valence-corrected chi connectivity index (χ3v) is 3.80. The molecule has 0 N–H and O–H groups in total. The highest BCUT2D eigenvalue weighted by Crippen LogP contribution is 2.44. The van der Waals surface area contributed by atoms with Crippen molar-refractivity contribution in [3.05, 3.63) is 24.5 Å². The maximum absolute atomic E-state index is 12.0. The highest BCUT2D eigenvalue weighted by Gasteiger charge is 2.43. The van der Waals surface area contributed by atoms with Crippen molar-refractivity contribution in [3.63, 3.8) is 0 Å².